The number of ether oxygens (including phenoxy) is 1. The van der Waals surface area contributed by atoms with Crippen molar-refractivity contribution in [3.05, 3.63) is 23.8 Å². The van der Waals surface area contributed by atoms with E-state index >= 15 is 0 Å². The molecule has 0 spiro atoms. The molecule has 0 amide bonds. The molecule has 0 aromatic heterocycles. The van der Waals surface area contributed by atoms with Crippen LogP contribution in [0.1, 0.15) is 26.3 Å². The second-order valence-electron chi connectivity index (χ2n) is 5.35. The van der Waals surface area contributed by atoms with Crippen LogP contribution in [0.3, 0.4) is 0 Å². The first-order valence-electron chi connectivity index (χ1n) is 6.77. The largest absolute Gasteiger partial charge is 0.504 e. The third-order valence-electron chi connectivity index (χ3n) is 3.84. The Hall–Kier alpha value is -1.22. The monoisotopic (exact) mass is 249 g/mol. The smallest absolute Gasteiger partial charge is 0.162 e. The summed E-state index contributed by atoms with van der Waals surface area (Å²) in [5.74, 6) is 2.37. The van der Waals surface area contributed by atoms with Crippen molar-refractivity contribution >= 4 is 0 Å². The maximum Gasteiger partial charge on any atom is 0.162 e. The summed E-state index contributed by atoms with van der Waals surface area (Å²) in [5.41, 5.74) is 0.960. The molecule has 3 nitrogen and oxygen atoms in total. The standard InChI is InChI=1S/C15H23NO2/c1-4-18-14-7-5-6-13(15(14)17)10-16-8-11(2)12(3)9-16/h5-7,11-12,17H,4,8-10H2,1-3H3. The normalized spacial score (nSPS) is 24.4. The summed E-state index contributed by atoms with van der Waals surface area (Å²) in [4.78, 5) is 2.40. The van der Waals surface area contributed by atoms with E-state index in [0.717, 1.165) is 37.0 Å². The predicted octanol–water partition coefficient (Wildman–Crippen LogP) is 2.88. The number of para-hydroxylation sites is 1. The molecule has 0 aliphatic carbocycles. The van der Waals surface area contributed by atoms with Gasteiger partial charge in [-0.05, 0) is 24.8 Å². The van der Waals surface area contributed by atoms with Gasteiger partial charge in [0, 0.05) is 25.2 Å². The number of phenolic OH excluding ortho intramolecular Hbond substituents is 1. The van der Waals surface area contributed by atoms with Crippen molar-refractivity contribution in [3.8, 4) is 11.5 Å². The molecular weight excluding hydrogens is 226 g/mol. The lowest BCUT2D eigenvalue weighted by atomic mass is 10.0. The van der Waals surface area contributed by atoms with Gasteiger partial charge in [0.1, 0.15) is 0 Å². The lowest BCUT2D eigenvalue weighted by Crippen LogP contribution is -2.20. The number of nitrogens with zero attached hydrogens (tertiary/aromatic N) is 1. The van der Waals surface area contributed by atoms with Gasteiger partial charge in [-0.2, -0.15) is 0 Å². The molecule has 0 saturated carbocycles. The molecule has 1 aromatic carbocycles. The second kappa shape index (κ2) is 5.61. The Morgan fingerprint density at radius 2 is 1.94 bits per heavy atom. The van der Waals surface area contributed by atoms with Crippen LogP contribution in [0.2, 0.25) is 0 Å². The van der Waals surface area contributed by atoms with Crippen LogP contribution in [0.4, 0.5) is 0 Å². The fourth-order valence-corrected chi connectivity index (χ4v) is 2.59. The summed E-state index contributed by atoms with van der Waals surface area (Å²) < 4.78 is 5.42. The first kappa shape index (κ1) is 13.2. The van der Waals surface area contributed by atoms with E-state index in [9.17, 15) is 5.11 Å². The molecule has 0 bridgehead atoms. The summed E-state index contributed by atoms with van der Waals surface area (Å²) in [6.07, 6.45) is 0. The highest BCUT2D eigenvalue weighted by molar-refractivity contribution is 5.45. The molecule has 1 saturated heterocycles. The predicted molar refractivity (Wildman–Crippen MR) is 72.9 cm³/mol. The quantitative estimate of drug-likeness (QED) is 0.890. The Morgan fingerprint density at radius 3 is 2.56 bits per heavy atom. The molecule has 1 aromatic rings. The third kappa shape index (κ3) is 2.78. The van der Waals surface area contributed by atoms with Gasteiger partial charge in [0.25, 0.3) is 0 Å². The van der Waals surface area contributed by atoms with Crippen LogP contribution >= 0.6 is 0 Å². The van der Waals surface area contributed by atoms with Gasteiger partial charge in [0.05, 0.1) is 6.61 Å². The van der Waals surface area contributed by atoms with Gasteiger partial charge < -0.3 is 9.84 Å². The average Bonchev–Trinajstić information content (AvgIpc) is 2.64. The van der Waals surface area contributed by atoms with Crippen molar-refractivity contribution in [2.45, 2.75) is 27.3 Å². The topological polar surface area (TPSA) is 32.7 Å². The highest BCUT2D eigenvalue weighted by Gasteiger charge is 2.26. The molecule has 1 aliphatic rings. The average molecular weight is 249 g/mol. The highest BCUT2D eigenvalue weighted by Crippen LogP contribution is 2.32. The van der Waals surface area contributed by atoms with E-state index in [-0.39, 0.29) is 0 Å². The van der Waals surface area contributed by atoms with Crippen molar-refractivity contribution < 1.29 is 9.84 Å². The number of rotatable bonds is 4. The van der Waals surface area contributed by atoms with Gasteiger partial charge in [-0.25, -0.2) is 0 Å². The molecular formula is C15H23NO2. The van der Waals surface area contributed by atoms with E-state index in [1.54, 1.807) is 0 Å². The van der Waals surface area contributed by atoms with E-state index in [4.69, 9.17) is 4.74 Å². The van der Waals surface area contributed by atoms with Crippen LogP contribution in [0.15, 0.2) is 18.2 Å². The zero-order valence-electron chi connectivity index (χ0n) is 11.5. The Bertz CT molecular complexity index is 395. The van der Waals surface area contributed by atoms with Crippen LogP contribution in [-0.4, -0.2) is 29.7 Å². The molecule has 2 unspecified atom stereocenters. The van der Waals surface area contributed by atoms with Crippen molar-refractivity contribution in [1.82, 2.24) is 4.90 Å². The summed E-state index contributed by atoms with van der Waals surface area (Å²) >= 11 is 0. The number of aromatic hydroxyl groups is 1. The highest BCUT2D eigenvalue weighted by atomic mass is 16.5. The molecule has 1 fully saturated rings. The minimum absolute atomic E-state index is 0.298. The van der Waals surface area contributed by atoms with E-state index in [2.05, 4.69) is 18.7 Å². The number of benzene rings is 1. The number of hydrogen-bond acceptors (Lipinski definition) is 3. The van der Waals surface area contributed by atoms with Crippen molar-refractivity contribution in [2.24, 2.45) is 11.8 Å². The fraction of sp³-hybridized carbons (Fsp3) is 0.600. The zero-order valence-corrected chi connectivity index (χ0v) is 11.5. The summed E-state index contributed by atoms with van der Waals surface area (Å²) in [5, 5.41) is 10.2. The molecule has 1 N–H and O–H groups in total. The summed E-state index contributed by atoms with van der Waals surface area (Å²) in [6, 6.07) is 5.74. The molecule has 1 heterocycles. The zero-order chi connectivity index (χ0) is 13.1. The van der Waals surface area contributed by atoms with Crippen LogP contribution < -0.4 is 4.74 Å². The van der Waals surface area contributed by atoms with Crippen molar-refractivity contribution in [3.63, 3.8) is 0 Å². The molecule has 1 aliphatic heterocycles. The summed E-state index contributed by atoms with van der Waals surface area (Å²) in [7, 11) is 0. The van der Waals surface area contributed by atoms with Crippen LogP contribution in [-0.2, 0) is 6.54 Å². The number of likely N-dealkylation sites (tertiary alicyclic amines) is 1. The Balaban J connectivity index is 2.08. The lowest BCUT2D eigenvalue weighted by Gasteiger charge is -2.17. The SMILES string of the molecule is CCOc1cccc(CN2CC(C)C(C)C2)c1O. The first-order chi connectivity index (χ1) is 8.61. The molecule has 18 heavy (non-hydrogen) atoms. The van der Waals surface area contributed by atoms with Gasteiger partial charge in [-0.3, -0.25) is 4.90 Å². The second-order valence-corrected chi connectivity index (χ2v) is 5.35. The van der Waals surface area contributed by atoms with Crippen LogP contribution in [0.5, 0.6) is 11.5 Å². The van der Waals surface area contributed by atoms with Gasteiger partial charge in [-0.1, -0.05) is 26.0 Å². The van der Waals surface area contributed by atoms with E-state index in [1.165, 1.54) is 0 Å². The maximum atomic E-state index is 10.2. The molecule has 100 valence electrons. The van der Waals surface area contributed by atoms with Gasteiger partial charge >= 0.3 is 0 Å². The minimum Gasteiger partial charge on any atom is -0.504 e. The maximum absolute atomic E-state index is 10.2. The van der Waals surface area contributed by atoms with E-state index < -0.39 is 0 Å². The van der Waals surface area contributed by atoms with Crippen LogP contribution in [0.25, 0.3) is 0 Å². The van der Waals surface area contributed by atoms with Gasteiger partial charge in [-0.15, -0.1) is 0 Å². The molecule has 3 heteroatoms. The molecule has 0 radical (unpaired) electrons. The molecule has 2 rings (SSSR count). The Labute approximate surface area is 109 Å². The third-order valence-corrected chi connectivity index (χ3v) is 3.84. The number of hydrogen-bond donors (Lipinski definition) is 1. The van der Waals surface area contributed by atoms with E-state index in [1.807, 2.05) is 25.1 Å². The first-order valence-corrected chi connectivity index (χ1v) is 6.77. The Morgan fingerprint density at radius 1 is 1.28 bits per heavy atom. The van der Waals surface area contributed by atoms with Crippen LogP contribution in [0, 0.1) is 11.8 Å². The lowest BCUT2D eigenvalue weighted by molar-refractivity contribution is 0.296. The van der Waals surface area contributed by atoms with Gasteiger partial charge in [0.2, 0.25) is 0 Å². The Kier molecular flexibility index (Phi) is 4.12. The summed E-state index contributed by atoms with van der Waals surface area (Å²) in [6.45, 7) is 10.1. The number of phenols is 1. The molecule has 2 atom stereocenters. The van der Waals surface area contributed by atoms with Crippen molar-refractivity contribution in [1.29, 1.82) is 0 Å². The van der Waals surface area contributed by atoms with Crippen molar-refractivity contribution in [2.75, 3.05) is 19.7 Å². The van der Waals surface area contributed by atoms with Gasteiger partial charge in [0.15, 0.2) is 11.5 Å². The van der Waals surface area contributed by atoms with E-state index in [0.29, 0.717) is 18.1 Å². The minimum atomic E-state index is 0.298. The fourth-order valence-electron chi connectivity index (χ4n) is 2.59.